The van der Waals surface area contributed by atoms with Gasteiger partial charge in [0.15, 0.2) is 0 Å². The minimum absolute atomic E-state index is 0.0489. The van der Waals surface area contributed by atoms with Crippen LogP contribution in [0.15, 0.2) is 0 Å². The Bertz CT molecular complexity index is 460. The van der Waals surface area contributed by atoms with Crippen LogP contribution in [0.3, 0.4) is 0 Å². The quantitative estimate of drug-likeness (QED) is 0.807. The van der Waals surface area contributed by atoms with Crippen LogP contribution in [0.5, 0.6) is 0 Å². The van der Waals surface area contributed by atoms with E-state index in [0.29, 0.717) is 22.7 Å². The maximum Gasteiger partial charge on any atom is 0.228 e. The number of rotatable bonds is 1. The standard InChI is InChI=1S/C18H30N2O/c1-12-7-20(8-14(12)19)15(21)18-6-13-4-16(2,10-18)9-17(3,5-13)11-18/h12-14H,4-11,19H2,1-3H3. The van der Waals surface area contributed by atoms with Gasteiger partial charge in [0.25, 0.3) is 0 Å². The predicted molar refractivity (Wildman–Crippen MR) is 83.6 cm³/mol. The lowest BCUT2D eigenvalue weighted by Crippen LogP contribution is -2.60. The summed E-state index contributed by atoms with van der Waals surface area (Å²) in [6, 6.07) is 0.175. The van der Waals surface area contributed by atoms with Crippen molar-refractivity contribution in [3.63, 3.8) is 0 Å². The summed E-state index contributed by atoms with van der Waals surface area (Å²) in [5, 5.41) is 0. The second kappa shape index (κ2) is 4.04. The second-order valence-electron chi connectivity index (χ2n) is 9.76. The Morgan fingerprint density at radius 2 is 1.67 bits per heavy atom. The number of amides is 1. The summed E-state index contributed by atoms with van der Waals surface area (Å²) in [6.07, 6.45) is 7.45. The first kappa shape index (κ1) is 14.0. The Balaban J connectivity index is 1.64. The van der Waals surface area contributed by atoms with Gasteiger partial charge in [-0.05, 0) is 61.2 Å². The average molecular weight is 290 g/mol. The van der Waals surface area contributed by atoms with E-state index in [9.17, 15) is 4.79 Å². The Hall–Kier alpha value is -0.570. The van der Waals surface area contributed by atoms with E-state index in [1.54, 1.807) is 0 Å². The molecule has 5 aliphatic rings. The molecule has 5 fully saturated rings. The Labute approximate surface area is 128 Å². The van der Waals surface area contributed by atoms with Crippen LogP contribution >= 0.6 is 0 Å². The molecule has 0 spiro atoms. The number of carbonyl (C=O) groups excluding carboxylic acids is 1. The minimum atomic E-state index is -0.0489. The lowest BCUT2D eigenvalue weighted by atomic mass is 9.40. The molecule has 2 N–H and O–H groups in total. The SMILES string of the molecule is CC1CN(C(=O)C23CC4CC(C)(CC(C)(C4)C2)C3)CC1N. The third-order valence-electron chi connectivity index (χ3n) is 7.04. The first-order valence-corrected chi connectivity index (χ1v) is 8.78. The van der Waals surface area contributed by atoms with Crippen molar-refractivity contribution in [2.45, 2.75) is 65.3 Å². The van der Waals surface area contributed by atoms with Crippen LogP contribution in [0.2, 0.25) is 0 Å². The molecule has 0 aromatic heterocycles. The summed E-state index contributed by atoms with van der Waals surface area (Å²) in [5.41, 5.74) is 6.94. The van der Waals surface area contributed by atoms with Crippen LogP contribution in [0.1, 0.15) is 59.3 Å². The molecule has 4 saturated carbocycles. The van der Waals surface area contributed by atoms with Crippen molar-refractivity contribution in [3.05, 3.63) is 0 Å². The fourth-order valence-electron chi connectivity index (χ4n) is 7.18. The molecule has 0 radical (unpaired) electrons. The van der Waals surface area contributed by atoms with Crippen molar-refractivity contribution < 1.29 is 4.79 Å². The molecule has 118 valence electrons. The van der Waals surface area contributed by atoms with E-state index in [1.165, 1.54) is 19.3 Å². The number of nitrogens with zero attached hydrogens (tertiary/aromatic N) is 1. The van der Waals surface area contributed by atoms with Gasteiger partial charge < -0.3 is 10.6 Å². The van der Waals surface area contributed by atoms with Gasteiger partial charge >= 0.3 is 0 Å². The fraction of sp³-hybridized carbons (Fsp3) is 0.944. The lowest BCUT2D eigenvalue weighted by Gasteiger charge is -2.65. The molecule has 1 aliphatic heterocycles. The molecule has 0 aromatic carbocycles. The summed E-state index contributed by atoms with van der Waals surface area (Å²) < 4.78 is 0. The summed E-state index contributed by atoms with van der Waals surface area (Å²) >= 11 is 0. The van der Waals surface area contributed by atoms with Crippen LogP contribution in [0, 0.1) is 28.1 Å². The molecule has 1 saturated heterocycles. The maximum absolute atomic E-state index is 13.3. The molecule has 21 heavy (non-hydrogen) atoms. The maximum atomic E-state index is 13.3. The second-order valence-corrected chi connectivity index (χ2v) is 9.76. The molecule has 4 unspecified atom stereocenters. The highest BCUT2D eigenvalue weighted by Gasteiger charge is 2.63. The topological polar surface area (TPSA) is 46.3 Å². The highest BCUT2D eigenvalue weighted by atomic mass is 16.2. The van der Waals surface area contributed by atoms with Crippen LogP contribution in [0.25, 0.3) is 0 Å². The smallest absolute Gasteiger partial charge is 0.228 e. The van der Waals surface area contributed by atoms with Gasteiger partial charge in [0.05, 0.1) is 5.41 Å². The van der Waals surface area contributed by atoms with Crippen molar-refractivity contribution in [2.75, 3.05) is 13.1 Å². The van der Waals surface area contributed by atoms with Gasteiger partial charge in [0.2, 0.25) is 5.91 Å². The lowest BCUT2D eigenvalue weighted by molar-refractivity contribution is -0.178. The molecule has 4 bridgehead atoms. The van der Waals surface area contributed by atoms with Gasteiger partial charge in [-0.2, -0.15) is 0 Å². The molecule has 3 nitrogen and oxygen atoms in total. The van der Waals surface area contributed by atoms with Gasteiger partial charge in [-0.25, -0.2) is 0 Å². The molecule has 0 aromatic rings. The zero-order chi connectivity index (χ0) is 15.0. The predicted octanol–water partition coefficient (Wildman–Crippen LogP) is 2.79. The molecule has 4 aliphatic carbocycles. The zero-order valence-electron chi connectivity index (χ0n) is 13.8. The van der Waals surface area contributed by atoms with Crippen molar-refractivity contribution in [3.8, 4) is 0 Å². The van der Waals surface area contributed by atoms with Crippen molar-refractivity contribution >= 4 is 5.91 Å². The number of nitrogens with two attached hydrogens (primary N) is 1. The summed E-state index contributed by atoms with van der Waals surface area (Å²) in [7, 11) is 0. The number of hydrogen-bond acceptors (Lipinski definition) is 2. The number of carbonyl (C=O) groups is 1. The first-order valence-electron chi connectivity index (χ1n) is 8.78. The Kier molecular flexibility index (Phi) is 2.70. The monoisotopic (exact) mass is 290 g/mol. The summed E-state index contributed by atoms with van der Waals surface area (Å²) in [6.45, 7) is 8.71. The highest BCUT2D eigenvalue weighted by molar-refractivity contribution is 5.84. The third kappa shape index (κ3) is 1.99. The first-order chi connectivity index (χ1) is 9.73. The van der Waals surface area contributed by atoms with Gasteiger partial charge in [-0.15, -0.1) is 0 Å². The van der Waals surface area contributed by atoms with Gasteiger partial charge in [-0.3, -0.25) is 4.79 Å². The fourth-order valence-corrected chi connectivity index (χ4v) is 7.18. The summed E-state index contributed by atoms with van der Waals surface area (Å²) in [5.74, 6) is 1.69. The molecule has 4 atom stereocenters. The van der Waals surface area contributed by atoms with Crippen molar-refractivity contribution in [1.82, 2.24) is 4.90 Å². The third-order valence-corrected chi connectivity index (χ3v) is 7.04. The van der Waals surface area contributed by atoms with E-state index >= 15 is 0 Å². The van der Waals surface area contributed by atoms with E-state index < -0.39 is 0 Å². The minimum Gasteiger partial charge on any atom is -0.340 e. The highest BCUT2D eigenvalue weighted by Crippen LogP contribution is 2.69. The van der Waals surface area contributed by atoms with E-state index in [0.717, 1.165) is 38.3 Å². The van der Waals surface area contributed by atoms with Gasteiger partial charge in [-0.1, -0.05) is 20.8 Å². The molecule has 5 rings (SSSR count). The molecular formula is C18H30N2O. The van der Waals surface area contributed by atoms with Gasteiger partial charge in [0, 0.05) is 19.1 Å². The largest absolute Gasteiger partial charge is 0.340 e. The van der Waals surface area contributed by atoms with E-state index in [1.807, 2.05) is 0 Å². The average Bonchev–Trinajstić information content (AvgIpc) is 2.64. The van der Waals surface area contributed by atoms with Crippen LogP contribution < -0.4 is 5.73 Å². The van der Waals surface area contributed by atoms with E-state index in [4.69, 9.17) is 5.73 Å². The molecule has 3 heteroatoms. The Morgan fingerprint density at radius 3 is 2.14 bits per heavy atom. The molecule has 1 heterocycles. The number of likely N-dealkylation sites (tertiary alicyclic amines) is 1. The zero-order valence-corrected chi connectivity index (χ0v) is 13.8. The summed E-state index contributed by atoms with van der Waals surface area (Å²) in [4.78, 5) is 15.5. The van der Waals surface area contributed by atoms with Crippen LogP contribution in [0.4, 0.5) is 0 Å². The van der Waals surface area contributed by atoms with E-state index in [2.05, 4.69) is 25.7 Å². The van der Waals surface area contributed by atoms with Crippen LogP contribution in [-0.4, -0.2) is 29.9 Å². The van der Waals surface area contributed by atoms with E-state index in [-0.39, 0.29) is 11.5 Å². The van der Waals surface area contributed by atoms with Gasteiger partial charge in [0.1, 0.15) is 0 Å². The molecule has 1 amide bonds. The Morgan fingerprint density at radius 1 is 1.05 bits per heavy atom. The van der Waals surface area contributed by atoms with Crippen molar-refractivity contribution in [2.24, 2.45) is 33.8 Å². The van der Waals surface area contributed by atoms with Crippen molar-refractivity contribution in [1.29, 1.82) is 0 Å². The molecular weight excluding hydrogens is 260 g/mol. The van der Waals surface area contributed by atoms with Crippen LogP contribution in [-0.2, 0) is 4.79 Å². The number of hydrogen-bond donors (Lipinski definition) is 1. The normalized spacial score (nSPS) is 55.2.